The number of hydrogen-bond acceptors (Lipinski definition) is 6. The molecule has 14 heavy (non-hydrogen) atoms. The highest BCUT2D eigenvalue weighted by Gasteiger charge is 2.04. The molecule has 76 valence electrons. The zero-order valence-corrected chi connectivity index (χ0v) is 7.81. The molecule has 0 amide bonds. The average Bonchev–Trinajstić information content (AvgIpc) is 2.88. The quantitative estimate of drug-likeness (QED) is 0.651. The van der Waals surface area contributed by atoms with Crippen molar-refractivity contribution in [2.75, 3.05) is 5.73 Å². The number of hydrogen-bond donors (Lipinski definition) is 2. The van der Waals surface area contributed by atoms with Gasteiger partial charge in [0.2, 0.25) is 10.0 Å². The molecule has 7 nitrogen and oxygen atoms in total. The van der Waals surface area contributed by atoms with Gasteiger partial charge in [-0.15, -0.1) is 0 Å². The van der Waals surface area contributed by atoms with E-state index >= 15 is 0 Å². The normalized spacial score (nSPS) is 12.4. The van der Waals surface area contributed by atoms with E-state index in [9.17, 15) is 8.42 Å². The Morgan fingerprint density at radius 1 is 1.14 bits per heavy atom. The fourth-order valence-electron chi connectivity index (χ4n) is 0.658. The highest BCUT2D eigenvalue weighted by Crippen LogP contribution is 2.08. The zero-order chi connectivity index (χ0) is 10.6. The Morgan fingerprint density at radius 3 is 1.86 bits per heavy atom. The number of nitrogens with zero attached hydrogens (tertiary/aromatic N) is 2. The van der Waals surface area contributed by atoms with Gasteiger partial charge in [-0.1, -0.05) is 0 Å². The molecule has 0 saturated heterocycles. The molecule has 0 bridgehead atoms. The summed E-state index contributed by atoms with van der Waals surface area (Å²) >= 11 is 0. The summed E-state index contributed by atoms with van der Waals surface area (Å²) in [7, 11) is -3.58. The maximum absolute atomic E-state index is 10.7. The van der Waals surface area contributed by atoms with Gasteiger partial charge in [-0.25, -0.2) is 13.6 Å². The minimum Gasteiger partial charge on any atom is -0.399 e. The van der Waals surface area contributed by atoms with Gasteiger partial charge in [0.25, 0.3) is 0 Å². The van der Waals surface area contributed by atoms with E-state index in [0.29, 0.717) is 5.69 Å². The number of primary sulfonamides is 1. The Bertz CT molecular complexity index is 421. The predicted molar refractivity (Wildman–Crippen MR) is 48.2 cm³/mol. The molecule has 0 spiro atoms. The SMILES string of the molecule is N1=NO1.Nc1ccc(S(N)(=O)=O)cc1. The molecule has 1 aromatic rings. The summed E-state index contributed by atoms with van der Waals surface area (Å²) in [6.07, 6.45) is 0. The Kier molecular flexibility index (Phi) is 2.99. The average molecular weight is 216 g/mol. The largest absolute Gasteiger partial charge is 0.399 e. The van der Waals surface area contributed by atoms with Gasteiger partial charge in [-0.2, -0.15) is 4.94 Å². The molecule has 0 aromatic heterocycles. The second-order valence-electron chi connectivity index (χ2n) is 2.36. The van der Waals surface area contributed by atoms with Gasteiger partial charge in [-0.05, 0) is 24.3 Å². The van der Waals surface area contributed by atoms with Crippen molar-refractivity contribution < 1.29 is 13.4 Å². The lowest BCUT2D eigenvalue weighted by Crippen LogP contribution is -2.11. The number of nitrogen functional groups attached to an aromatic ring is 1. The molecular weight excluding hydrogens is 208 g/mol. The van der Waals surface area contributed by atoms with Crippen molar-refractivity contribution in [2.45, 2.75) is 4.90 Å². The third kappa shape index (κ3) is 3.83. The van der Waals surface area contributed by atoms with Gasteiger partial charge >= 0.3 is 0 Å². The lowest BCUT2D eigenvalue weighted by atomic mass is 10.3. The van der Waals surface area contributed by atoms with Gasteiger partial charge in [0.1, 0.15) is 0 Å². The van der Waals surface area contributed by atoms with Gasteiger partial charge in [0.05, 0.1) is 15.5 Å². The molecule has 1 aromatic carbocycles. The molecule has 0 saturated carbocycles. The third-order valence-electron chi connectivity index (χ3n) is 1.29. The summed E-state index contributed by atoms with van der Waals surface area (Å²) in [5, 5.41) is 10.6. The molecule has 2 rings (SSSR count). The van der Waals surface area contributed by atoms with Crippen molar-refractivity contribution in [2.24, 2.45) is 15.7 Å². The summed E-state index contributed by atoms with van der Waals surface area (Å²) < 4.78 is 21.4. The van der Waals surface area contributed by atoms with Gasteiger partial charge in [0.15, 0.2) is 0 Å². The maximum Gasteiger partial charge on any atom is 0.238 e. The molecule has 0 aliphatic carbocycles. The van der Waals surface area contributed by atoms with Crippen LogP contribution < -0.4 is 10.9 Å². The topological polar surface area (TPSA) is 123 Å². The van der Waals surface area contributed by atoms with E-state index in [1.165, 1.54) is 24.3 Å². The van der Waals surface area contributed by atoms with Crippen LogP contribution in [0, 0.1) is 0 Å². The number of sulfonamides is 1. The molecule has 0 unspecified atom stereocenters. The molecule has 0 atom stereocenters. The first kappa shape index (κ1) is 10.4. The first-order chi connectivity index (χ1) is 6.50. The Labute approximate surface area is 80.3 Å². The van der Waals surface area contributed by atoms with Crippen LogP contribution in [0.2, 0.25) is 0 Å². The summed E-state index contributed by atoms with van der Waals surface area (Å²) in [5.74, 6) is 0. The van der Waals surface area contributed by atoms with E-state index in [1.807, 2.05) is 0 Å². The number of nitrogens with two attached hydrogens (primary N) is 2. The fourth-order valence-corrected chi connectivity index (χ4v) is 1.17. The number of rotatable bonds is 1. The molecule has 0 fully saturated rings. The maximum atomic E-state index is 10.7. The Hall–Kier alpha value is -1.67. The van der Waals surface area contributed by atoms with Crippen LogP contribution in [0.1, 0.15) is 0 Å². The summed E-state index contributed by atoms with van der Waals surface area (Å²) in [6.45, 7) is 0. The van der Waals surface area contributed by atoms with Crippen LogP contribution in [-0.4, -0.2) is 8.42 Å². The highest BCUT2D eigenvalue weighted by molar-refractivity contribution is 7.89. The van der Waals surface area contributed by atoms with Gasteiger partial charge in [0, 0.05) is 5.69 Å². The minimum atomic E-state index is -3.58. The molecule has 1 heterocycles. The molecule has 0 radical (unpaired) electrons. The number of anilines is 1. The standard InChI is InChI=1S/C6H8N2O2S.N2O/c7-5-1-3-6(4-2-5)11(8,9)10;1-2-3-1/h1-4H,7H2,(H2,8,9,10);. The van der Waals surface area contributed by atoms with Crippen LogP contribution >= 0.6 is 0 Å². The minimum absolute atomic E-state index is 0.0756. The first-order valence-electron chi connectivity index (χ1n) is 3.45. The second kappa shape index (κ2) is 4.03. The van der Waals surface area contributed by atoms with Crippen LogP contribution in [0.5, 0.6) is 0 Å². The molecule has 4 N–H and O–H groups in total. The van der Waals surface area contributed by atoms with E-state index in [-0.39, 0.29) is 4.90 Å². The second-order valence-corrected chi connectivity index (χ2v) is 3.92. The number of benzene rings is 1. The summed E-state index contributed by atoms with van der Waals surface area (Å²) in [4.78, 5) is 3.83. The fraction of sp³-hybridized carbons (Fsp3) is 0. The van der Waals surface area contributed by atoms with Gasteiger partial charge < -0.3 is 5.73 Å². The van der Waals surface area contributed by atoms with Crippen molar-refractivity contribution in [3.63, 3.8) is 0 Å². The zero-order valence-electron chi connectivity index (χ0n) is 6.99. The van der Waals surface area contributed by atoms with Crippen molar-refractivity contribution in [1.82, 2.24) is 0 Å². The smallest absolute Gasteiger partial charge is 0.238 e. The molecule has 1 aliphatic heterocycles. The van der Waals surface area contributed by atoms with E-state index in [4.69, 9.17) is 10.9 Å². The van der Waals surface area contributed by atoms with E-state index < -0.39 is 10.0 Å². The van der Waals surface area contributed by atoms with Crippen LogP contribution in [-0.2, 0) is 15.0 Å². The molecule has 8 heteroatoms. The predicted octanol–water partition coefficient (Wildman–Crippen LogP) is 0.215. The van der Waals surface area contributed by atoms with Crippen molar-refractivity contribution in [3.05, 3.63) is 24.3 Å². The molecule has 1 aliphatic rings. The molecular formula is C6H8N4O3S. The Balaban J connectivity index is 0.000000276. The van der Waals surface area contributed by atoms with Crippen LogP contribution in [0.15, 0.2) is 39.7 Å². The van der Waals surface area contributed by atoms with E-state index in [1.54, 1.807) is 0 Å². The first-order valence-corrected chi connectivity index (χ1v) is 4.99. The van der Waals surface area contributed by atoms with Crippen LogP contribution in [0.25, 0.3) is 0 Å². The van der Waals surface area contributed by atoms with Crippen molar-refractivity contribution in [1.29, 1.82) is 0 Å². The highest BCUT2D eigenvalue weighted by atomic mass is 32.2. The lowest BCUT2D eigenvalue weighted by Gasteiger charge is -1.96. The van der Waals surface area contributed by atoms with E-state index in [0.717, 1.165) is 0 Å². The summed E-state index contributed by atoms with van der Waals surface area (Å²) in [6, 6.07) is 5.70. The third-order valence-corrected chi connectivity index (χ3v) is 2.22. The lowest BCUT2D eigenvalue weighted by molar-refractivity contribution is 0.363. The van der Waals surface area contributed by atoms with Crippen molar-refractivity contribution in [3.8, 4) is 0 Å². The van der Waals surface area contributed by atoms with Crippen LogP contribution in [0.4, 0.5) is 5.69 Å². The van der Waals surface area contributed by atoms with Crippen LogP contribution in [0.3, 0.4) is 0 Å². The monoisotopic (exact) mass is 216 g/mol. The van der Waals surface area contributed by atoms with E-state index in [2.05, 4.69) is 15.5 Å². The Morgan fingerprint density at radius 2 is 1.57 bits per heavy atom. The van der Waals surface area contributed by atoms with Crippen molar-refractivity contribution >= 4 is 15.7 Å². The summed E-state index contributed by atoms with van der Waals surface area (Å²) in [5.41, 5.74) is 5.85. The van der Waals surface area contributed by atoms with Gasteiger partial charge in [-0.3, -0.25) is 0 Å².